The number of ether oxygens (including phenoxy) is 1. The molecule has 0 aliphatic carbocycles. The van der Waals surface area contributed by atoms with Gasteiger partial charge >= 0.3 is 0 Å². The van der Waals surface area contributed by atoms with Crippen LogP contribution < -0.4 is 19.7 Å². The van der Waals surface area contributed by atoms with Crippen LogP contribution in [0.4, 0.5) is 11.4 Å². The first-order valence-corrected chi connectivity index (χ1v) is 12.1. The number of nitrogens with one attached hydrogen (secondary N) is 2. The molecule has 8 nitrogen and oxygen atoms in total. The molecule has 3 aromatic carbocycles. The fourth-order valence-corrected chi connectivity index (χ4v) is 4.26. The maximum atomic E-state index is 12.9. The summed E-state index contributed by atoms with van der Waals surface area (Å²) in [6, 6.07) is 19.6. The van der Waals surface area contributed by atoms with Crippen LogP contribution in [0.3, 0.4) is 0 Å². The third-order valence-electron chi connectivity index (χ3n) is 5.03. The molecule has 0 bridgehead atoms. The molecule has 0 atom stereocenters. The quantitative estimate of drug-likeness (QED) is 0.486. The predicted molar refractivity (Wildman–Crippen MR) is 132 cm³/mol. The van der Waals surface area contributed by atoms with Crippen molar-refractivity contribution < 1.29 is 22.7 Å². The van der Waals surface area contributed by atoms with Crippen molar-refractivity contribution in [3.8, 4) is 5.75 Å². The minimum absolute atomic E-state index is 0.0834. The molecule has 178 valence electrons. The van der Waals surface area contributed by atoms with Crippen LogP contribution in [0.15, 0.2) is 77.7 Å². The number of carbonyl (C=O) groups excluding carboxylic acids is 2. The molecular formula is C25H27N3O5S. The maximum Gasteiger partial charge on any atom is 0.264 e. The zero-order valence-electron chi connectivity index (χ0n) is 19.2. The van der Waals surface area contributed by atoms with Gasteiger partial charge in [-0.1, -0.05) is 17.7 Å². The third-order valence-corrected chi connectivity index (χ3v) is 6.83. The lowest BCUT2D eigenvalue weighted by Gasteiger charge is -2.20. The molecule has 0 unspecified atom stereocenters. The van der Waals surface area contributed by atoms with Gasteiger partial charge in [0.1, 0.15) is 5.75 Å². The Balaban J connectivity index is 1.62. The van der Waals surface area contributed by atoms with Gasteiger partial charge in [-0.2, -0.15) is 0 Å². The Labute approximate surface area is 199 Å². The highest BCUT2D eigenvalue weighted by Gasteiger charge is 2.21. The number of sulfonamides is 1. The van der Waals surface area contributed by atoms with Crippen molar-refractivity contribution in [2.75, 3.05) is 29.8 Å². The number of anilines is 2. The highest BCUT2D eigenvalue weighted by molar-refractivity contribution is 7.92. The Morgan fingerprint density at radius 1 is 0.912 bits per heavy atom. The van der Waals surface area contributed by atoms with Crippen molar-refractivity contribution >= 4 is 33.2 Å². The van der Waals surface area contributed by atoms with Crippen LogP contribution >= 0.6 is 0 Å². The standard InChI is InChI=1S/C25H27N3O5S/c1-4-26-24(29)17-33-22-13-9-20(10-14-22)27-25(30)19-7-11-21(12-8-19)28(3)34(31,32)23-15-5-18(2)6-16-23/h5-16H,4,17H2,1-3H3,(H,26,29)(H,27,30). The predicted octanol–water partition coefficient (Wildman–Crippen LogP) is 3.59. The first kappa shape index (κ1) is 24.8. The summed E-state index contributed by atoms with van der Waals surface area (Å²) in [7, 11) is -2.24. The van der Waals surface area contributed by atoms with E-state index >= 15 is 0 Å². The van der Waals surface area contributed by atoms with Gasteiger partial charge in [0.2, 0.25) is 0 Å². The summed E-state index contributed by atoms with van der Waals surface area (Å²) in [5, 5.41) is 5.42. The molecule has 2 N–H and O–H groups in total. The average Bonchev–Trinajstić information content (AvgIpc) is 2.83. The fourth-order valence-electron chi connectivity index (χ4n) is 3.06. The number of aryl methyl sites for hydroxylation is 1. The van der Waals surface area contributed by atoms with E-state index in [1.807, 2.05) is 13.8 Å². The lowest BCUT2D eigenvalue weighted by atomic mass is 10.2. The molecule has 0 saturated heterocycles. The molecule has 2 amide bonds. The maximum absolute atomic E-state index is 12.9. The Bertz CT molecular complexity index is 1240. The topological polar surface area (TPSA) is 105 Å². The van der Waals surface area contributed by atoms with Crippen LogP contribution in [0.1, 0.15) is 22.8 Å². The summed E-state index contributed by atoms with van der Waals surface area (Å²) in [6.45, 7) is 4.17. The summed E-state index contributed by atoms with van der Waals surface area (Å²) in [5.74, 6) is -0.0429. The van der Waals surface area contributed by atoms with Crippen LogP contribution in [-0.4, -0.2) is 40.4 Å². The molecule has 0 spiro atoms. The highest BCUT2D eigenvalue weighted by atomic mass is 32.2. The Morgan fingerprint density at radius 3 is 2.12 bits per heavy atom. The third kappa shape index (κ3) is 6.14. The number of likely N-dealkylation sites (N-methyl/N-ethyl adjacent to an activating group) is 1. The second-order valence-corrected chi connectivity index (χ2v) is 9.52. The molecule has 0 radical (unpaired) electrons. The van der Waals surface area contributed by atoms with Crippen LogP contribution in [0, 0.1) is 6.92 Å². The number of hydrogen-bond acceptors (Lipinski definition) is 5. The SMILES string of the molecule is CCNC(=O)COc1ccc(NC(=O)c2ccc(N(C)S(=O)(=O)c3ccc(C)cc3)cc2)cc1. The van der Waals surface area contributed by atoms with Gasteiger partial charge in [-0.25, -0.2) is 8.42 Å². The van der Waals surface area contributed by atoms with Crippen molar-refractivity contribution in [1.29, 1.82) is 0 Å². The number of hydrogen-bond donors (Lipinski definition) is 2. The van der Waals surface area contributed by atoms with Crippen molar-refractivity contribution in [1.82, 2.24) is 5.32 Å². The van der Waals surface area contributed by atoms with Crippen molar-refractivity contribution in [2.45, 2.75) is 18.7 Å². The molecular weight excluding hydrogens is 454 g/mol. The number of rotatable bonds is 9. The molecule has 3 aromatic rings. The van der Waals surface area contributed by atoms with Gasteiger partial charge in [0, 0.05) is 24.8 Å². The van der Waals surface area contributed by atoms with E-state index in [4.69, 9.17) is 4.74 Å². The monoisotopic (exact) mass is 481 g/mol. The molecule has 9 heteroatoms. The lowest BCUT2D eigenvalue weighted by molar-refractivity contribution is -0.122. The largest absolute Gasteiger partial charge is 0.484 e. The summed E-state index contributed by atoms with van der Waals surface area (Å²) >= 11 is 0. The Morgan fingerprint density at radius 2 is 1.53 bits per heavy atom. The minimum atomic E-state index is -3.71. The van der Waals surface area contributed by atoms with Gasteiger partial charge in [0.05, 0.1) is 10.6 Å². The zero-order valence-corrected chi connectivity index (χ0v) is 20.1. The Hall–Kier alpha value is -3.85. The van der Waals surface area contributed by atoms with Gasteiger partial charge < -0.3 is 15.4 Å². The van der Waals surface area contributed by atoms with E-state index in [9.17, 15) is 18.0 Å². The molecule has 0 heterocycles. The molecule has 0 aliphatic heterocycles. The van der Waals surface area contributed by atoms with E-state index in [0.29, 0.717) is 29.2 Å². The van der Waals surface area contributed by atoms with Gasteiger partial charge in [0.15, 0.2) is 6.61 Å². The van der Waals surface area contributed by atoms with E-state index in [1.165, 1.54) is 11.4 Å². The second-order valence-electron chi connectivity index (χ2n) is 7.55. The van der Waals surface area contributed by atoms with Gasteiger partial charge in [-0.15, -0.1) is 0 Å². The fraction of sp³-hybridized carbons (Fsp3) is 0.200. The van der Waals surface area contributed by atoms with Crippen LogP contribution in [0.2, 0.25) is 0 Å². The summed E-state index contributed by atoms with van der Waals surface area (Å²) in [6.07, 6.45) is 0. The summed E-state index contributed by atoms with van der Waals surface area (Å²) in [5.41, 5.74) is 2.34. The average molecular weight is 482 g/mol. The van der Waals surface area contributed by atoms with Crippen LogP contribution in [0.25, 0.3) is 0 Å². The first-order valence-electron chi connectivity index (χ1n) is 10.7. The zero-order chi connectivity index (χ0) is 24.7. The van der Waals surface area contributed by atoms with E-state index in [0.717, 1.165) is 5.56 Å². The van der Waals surface area contributed by atoms with Gasteiger partial charge in [-0.3, -0.25) is 13.9 Å². The number of nitrogens with zero attached hydrogens (tertiary/aromatic N) is 1. The normalized spacial score (nSPS) is 10.9. The minimum Gasteiger partial charge on any atom is -0.484 e. The summed E-state index contributed by atoms with van der Waals surface area (Å²) < 4.78 is 32.3. The second kappa shape index (κ2) is 10.8. The molecule has 0 fully saturated rings. The first-order chi connectivity index (χ1) is 16.2. The number of benzene rings is 3. The van der Waals surface area contributed by atoms with Crippen molar-refractivity contribution in [3.05, 3.63) is 83.9 Å². The lowest BCUT2D eigenvalue weighted by Crippen LogP contribution is -2.28. The van der Waals surface area contributed by atoms with Crippen molar-refractivity contribution in [2.24, 2.45) is 0 Å². The van der Waals surface area contributed by atoms with E-state index < -0.39 is 10.0 Å². The summed E-state index contributed by atoms with van der Waals surface area (Å²) in [4.78, 5) is 24.2. The molecule has 0 saturated carbocycles. The molecule has 0 aliphatic rings. The molecule has 0 aromatic heterocycles. The van der Waals surface area contributed by atoms with E-state index in [2.05, 4.69) is 10.6 Å². The smallest absolute Gasteiger partial charge is 0.264 e. The molecule has 3 rings (SSSR count). The van der Waals surface area contributed by atoms with E-state index in [1.54, 1.807) is 72.8 Å². The number of amides is 2. The number of carbonyl (C=O) groups is 2. The highest BCUT2D eigenvalue weighted by Crippen LogP contribution is 2.23. The van der Waals surface area contributed by atoms with Crippen LogP contribution in [-0.2, 0) is 14.8 Å². The van der Waals surface area contributed by atoms with E-state index in [-0.39, 0.29) is 23.3 Å². The van der Waals surface area contributed by atoms with Gasteiger partial charge in [0.25, 0.3) is 21.8 Å². The Kier molecular flexibility index (Phi) is 7.91. The van der Waals surface area contributed by atoms with Crippen LogP contribution in [0.5, 0.6) is 5.75 Å². The molecule has 34 heavy (non-hydrogen) atoms. The van der Waals surface area contributed by atoms with Gasteiger partial charge in [-0.05, 0) is 74.5 Å². The van der Waals surface area contributed by atoms with Crippen molar-refractivity contribution in [3.63, 3.8) is 0 Å².